The number of aromatic nitrogens is 1. The van der Waals surface area contributed by atoms with Crippen molar-refractivity contribution in [3.63, 3.8) is 0 Å². The fourth-order valence-corrected chi connectivity index (χ4v) is 5.76. The molecule has 7 nitrogen and oxygen atoms in total. The number of rotatable bonds is 8. The number of phenols is 1. The van der Waals surface area contributed by atoms with E-state index >= 15 is 0 Å². The molecule has 3 aromatic rings. The maximum atomic E-state index is 13.3. The predicted molar refractivity (Wildman–Crippen MR) is 136 cm³/mol. The van der Waals surface area contributed by atoms with Crippen LogP contribution >= 0.6 is 11.8 Å². The molecule has 4 rings (SSSR count). The second-order valence-corrected chi connectivity index (χ2v) is 9.91. The molecule has 0 aliphatic carbocycles. The summed E-state index contributed by atoms with van der Waals surface area (Å²) in [6.45, 7) is 4.17. The first-order chi connectivity index (χ1) is 17.0. The molecule has 35 heavy (non-hydrogen) atoms. The summed E-state index contributed by atoms with van der Waals surface area (Å²) >= 11 is 1.62. The number of ether oxygens (including phenoxy) is 1. The molecule has 2 N–H and O–H groups in total. The molecular formula is C27H31N3O4S. The molecule has 1 aliphatic heterocycles. The molecule has 0 radical (unpaired) electrons. The van der Waals surface area contributed by atoms with Crippen molar-refractivity contribution in [2.24, 2.45) is 13.0 Å². The van der Waals surface area contributed by atoms with E-state index in [9.17, 15) is 20.3 Å². The number of esters is 1. The number of hydrogen-bond donors (Lipinski definition) is 2. The van der Waals surface area contributed by atoms with Gasteiger partial charge in [-0.1, -0.05) is 18.2 Å². The molecule has 1 saturated heterocycles. The Bertz CT molecular complexity index is 1240. The van der Waals surface area contributed by atoms with Crippen LogP contribution in [0.5, 0.6) is 5.75 Å². The number of thioether (sulfide) groups is 1. The topological polar surface area (TPSA) is 98.7 Å². The van der Waals surface area contributed by atoms with E-state index in [1.807, 2.05) is 41.9 Å². The van der Waals surface area contributed by atoms with Crippen LogP contribution in [0.1, 0.15) is 46.9 Å². The van der Waals surface area contributed by atoms with Gasteiger partial charge >= 0.3 is 5.97 Å². The van der Waals surface area contributed by atoms with E-state index in [-0.39, 0.29) is 24.5 Å². The number of carbonyl (C=O) groups excluding carboxylic acids is 1. The second-order valence-electron chi connectivity index (χ2n) is 8.86. The third kappa shape index (κ3) is 5.18. The van der Waals surface area contributed by atoms with Crippen molar-refractivity contribution in [2.75, 3.05) is 26.3 Å². The summed E-state index contributed by atoms with van der Waals surface area (Å²) in [6.07, 6.45) is 1.74. The Morgan fingerprint density at radius 1 is 1.26 bits per heavy atom. The van der Waals surface area contributed by atoms with Crippen molar-refractivity contribution >= 4 is 28.6 Å². The first-order valence-electron chi connectivity index (χ1n) is 11.9. The lowest BCUT2D eigenvalue weighted by Gasteiger charge is -2.31. The van der Waals surface area contributed by atoms with E-state index in [0.717, 1.165) is 42.0 Å². The quantitative estimate of drug-likeness (QED) is 0.354. The Morgan fingerprint density at radius 2 is 1.97 bits per heavy atom. The summed E-state index contributed by atoms with van der Waals surface area (Å²) in [5, 5.41) is 31.0. The normalized spacial score (nSPS) is 14.8. The maximum absolute atomic E-state index is 13.3. The van der Waals surface area contributed by atoms with E-state index in [1.54, 1.807) is 24.8 Å². The number of fused-ring (bicyclic) bond motifs is 1. The molecule has 1 aliphatic rings. The Hall–Kier alpha value is -2.99. The molecule has 184 valence electrons. The van der Waals surface area contributed by atoms with E-state index in [0.29, 0.717) is 34.7 Å². The predicted octanol–water partition coefficient (Wildman–Crippen LogP) is 4.43. The Morgan fingerprint density at radius 3 is 2.60 bits per heavy atom. The van der Waals surface area contributed by atoms with E-state index < -0.39 is 5.97 Å². The number of aliphatic hydroxyl groups is 1. The minimum absolute atomic E-state index is 0.0808. The van der Waals surface area contributed by atoms with E-state index in [4.69, 9.17) is 4.74 Å². The van der Waals surface area contributed by atoms with Crippen LogP contribution < -0.4 is 0 Å². The van der Waals surface area contributed by atoms with Crippen LogP contribution in [0.15, 0.2) is 41.3 Å². The highest BCUT2D eigenvalue weighted by molar-refractivity contribution is 7.98. The average molecular weight is 494 g/mol. The number of piperidine rings is 1. The lowest BCUT2D eigenvalue weighted by molar-refractivity contribution is 0.0527. The van der Waals surface area contributed by atoms with Crippen LogP contribution in [0, 0.1) is 17.2 Å². The number of aromatic hydroxyl groups is 1. The number of likely N-dealkylation sites (tertiary alicyclic amines) is 1. The van der Waals surface area contributed by atoms with Crippen LogP contribution in [-0.2, 0) is 24.1 Å². The molecule has 0 saturated carbocycles. The van der Waals surface area contributed by atoms with Crippen molar-refractivity contribution in [1.82, 2.24) is 9.47 Å². The standard InChI is InChI=1S/C27H31N3O4S/c1-3-34-27(33)25-23(17-35-20-7-5-4-6-8-20)29(2)22-13-19(14-28)26(32)21(24(22)25)15-30-11-9-18(16-31)10-12-30/h4-8,13,18,31-32H,3,9-12,15-17H2,1-2H3. The average Bonchev–Trinajstić information content (AvgIpc) is 3.16. The van der Waals surface area contributed by atoms with Crippen LogP contribution in [0.3, 0.4) is 0 Å². The third-order valence-corrected chi connectivity index (χ3v) is 7.77. The molecule has 0 bridgehead atoms. The Kier molecular flexibility index (Phi) is 8.01. The highest BCUT2D eigenvalue weighted by atomic mass is 32.2. The smallest absolute Gasteiger partial charge is 0.340 e. The van der Waals surface area contributed by atoms with Gasteiger partial charge < -0.3 is 19.5 Å². The fraction of sp³-hybridized carbons (Fsp3) is 0.407. The zero-order chi connectivity index (χ0) is 24.9. The van der Waals surface area contributed by atoms with Gasteiger partial charge in [-0.15, -0.1) is 11.8 Å². The lowest BCUT2D eigenvalue weighted by Crippen LogP contribution is -2.34. The summed E-state index contributed by atoms with van der Waals surface area (Å²) in [4.78, 5) is 16.6. The third-order valence-electron chi connectivity index (χ3n) is 6.75. The van der Waals surface area contributed by atoms with Gasteiger partial charge in [0.15, 0.2) is 0 Å². The van der Waals surface area contributed by atoms with Crippen LogP contribution in [0.2, 0.25) is 0 Å². The number of carbonyl (C=O) groups is 1. The van der Waals surface area contributed by atoms with Crippen molar-refractivity contribution in [3.8, 4) is 11.8 Å². The summed E-state index contributed by atoms with van der Waals surface area (Å²) in [6, 6.07) is 13.7. The molecule has 0 atom stereocenters. The van der Waals surface area contributed by atoms with Gasteiger partial charge in [0.05, 0.1) is 23.3 Å². The number of hydrogen-bond acceptors (Lipinski definition) is 7. The molecule has 2 heterocycles. The first-order valence-corrected chi connectivity index (χ1v) is 12.9. The molecule has 1 aromatic heterocycles. The van der Waals surface area contributed by atoms with E-state index in [2.05, 4.69) is 11.0 Å². The number of aryl methyl sites for hydroxylation is 1. The molecule has 0 amide bonds. The number of aliphatic hydroxyl groups excluding tert-OH is 1. The summed E-state index contributed by atoms with van der Waals surface area (Å²) in [5.74, 6) is 0.320. The zero-order valence-corrected chi connectivity index (χ0v) is 21.0. The van der Waals surface area contributed by atoms with E-state index in [1.165, 1.54) is 0 Å². The minimum atomic E-state index is -0.425. The Balaban J connectivity index is 1.83. The minimum Gasteiger partial charge on any atom is -0.506 e. The number of benzene rings is 2. The van der Waals surface area contributed by atoms with Crippen LogP contribution in [0.4, 0.5) is 0 Å². The molecule has 8 heteroatoms. The van der Waals surface area contributed by atoms with Gasteiger partial charge in [0, 0.05) is 47.5 Å². The SMILES string of the molecule is CCOC(=O)c1c(CSc2ccccc2)n(C)c2cc(C#N)c(O)c(CN3CCC(CO)CC3)c12. The van der Waals surface area contributed by atoms with Crippen molar-refractivity contribution < 1.29 is 19.7 Å². The van der Waals surface area contributed by atoms with Crippen molar-refractivity contribution in [1.29, 1.82) is 5.26 Å². The molecule has 2 aromatic carbocycles. The molecule has 1 fully saturated rings. The monoisotopic (exact) mass is 493 g/mol. The van der Waals surface area contributed by atoms with Gasteiger partial charge in [-0.05, 0) is 57.0 Å². The van der Waals surface area contributed by atoms with Gasteiger partial charge in [0.2, 0.25) is 0 Å². The number of nitriles is 1. The highest BCUT2D eigenvalue weighted by Gasteiger charge is 2.29. The second kappa shape index (κ2) is 11.2. The zero-order valence-electron chi connectivity index (χ0n) is 20.2. The van der Waals surface area contributed by atoms with Crippen molar-refractivity contribution in [2.45, 2.75) is 37.0 Å². The van der Waals surface area contributed by atoms with Gasteiger partial charge in [-0.3, -0.25) is 4.90 Å². The summed E-state index contributed by atoms with van der Waals surface area (Å²) < 4.78 is 7.41. The van der Waals surface area contributed by atoms with Gasteiger partial charge in [-0.2, -0.15) is 5.26 Å². The maximum Gasteiger partial charge on any atom is 0.340 e. The van der Waals surface area contributed by atoms with Crippen LogP contribution in [0.25, 0.3) is 10.9 Å². The number of phenolic OH excluding ortho intramolecular Hbond substituents is 1. The van der Waals surface area contributed by atoms with Gasteiger partial charge in [-0.25, -0.2) is 4.79 Å². The highest BCUT2D eigenvalue weighted by Crippen LogP contribution is 2.39. The molecule has 0 unspecified atom stereocenters. The lowest BCUT2D eigenvalue weighted by atomic mass is 9.95. The fourth-order valence-electron chi connectivity index (χ4n) is 4.76. The van der Waals surface area contributed by atoms with Gasteiger partial charge in [0.1, 0.15) is 11.8 Å². The largest absolute Gasteiger partial charge is 0.506 e. The summed E-state index contributed by atoms with van der Waals surface area (Å²) in [7, 11) is 1.89. The van der Waals surface area contributed by atoms with Crippen molar-refractivity contribution in [3.05, 3.63) is 58.8 Å². The molecule has 0 spiro atoms. The number of nitrogens with zero attached hydrogens (tertiary/aromatic N) is 3. The summed E-state index contributed by atoms with van der Waals surface area (Å²) in [5.41, 5.74) is 2.74. The first kappa shape index (κ1) is 25.1. The Labute approximate surface area is 209 Å². The van der Waals surface area contributed by atoms with Gasteiger partial charge in [0.25, 0.3) is 0 Å². The van der Waals surface area contributed by atoms with Crippen LogP contribution in [-0.4, -0.2) is 52.0 Å². The molecular weight excluding hydrogens is 462 g/mol.